The maximum atomic E-state index is 11.2. The maximum absolute atomic E-state index is 11.2. The molecule has 0 amide bonds. The third-order valence-electron chi connectivity index (χ3n) is 8.49. The molecular formula is C25H38O3. The summed E-state index contributed by atoms with van der Waals surface area (Å²) in [5.74, 6) is 0.729. The lowest BCUT2D eigenvalue weighted by atomic mass is 9.63. The Balaban J connectivity index is 1.63. The molecule has 1 saturated heterocycles. The predicted molar refractivity (Wildman–Crippen MR) is 112 cm³/mol. The molecule has 4 aliphatic rings. The van der Waals surface area contributed by atoms with Gasteiger partial charge in [0.2, 0.25) is 0 Å². The van der Waals surface area contributed by atoms with E-state index < -0.39 is 11.4 Å². The molecule has 156 valence electrons. The Morgan fingerprint density at radius 2 is 2.00 bits per heavy atom. The molecule has 28 heavy (non-hydrogen) atoms. The van der Waals surface area contributed by atoms with E-state index in [4.69, 9.17) is 4.74 Å². The minimum atomic E-state index is -1.17. The molecule has 3 heteroatoms. The van der Waals surface area contributed by atoms with Crippen molar-refractivity contribution in [2.45, 2.75) is 78.1 Å². The zero-order valence-corrected chi connectivity index (χ0v) is 18.2. The van der Waals surface area contributed by atoms with Crippen LogP contribution >= 0.6 is 0 Å². The SMILES string of the molecule is CC(C)=C/C=C\[C@H](C)[C@H]1CC[C@]2(C)C[C@H]3[C@H]4C(=CC[C@@H]12)CO[C@@]4(O)C[C@@]3(C)O. The summed E-state index contributed by atoms with van der Waals surface area (Å²) in [4.78, 5) is 0. The van der Waals surface area contributed by atoms with E-state index >= 15 is 0 Å². The third kappa shape index (κ3) is 3.24. The predicted octanol–water partition coefficient (Wildman–Crippen LogP) is 5.00. The van der Waals surface area contributed by atoms with Crippen LogP contribution < -0.4 is 0 Å². The number of allylic oxidation sites excluding steroid dienone is 5. The number of rotatable bonds is 3. The van der Waals surface area contributed by atoms with Crippen molar-refractivity contribution in [2.24, 2.45) is 35.0 Å². The van der Waals surface area contributed by atoms with Crippen molar-refractivity contribution >= 4 is 0 Å². The fourth-order valence-corrected chi connectivity index (χ4v) is 7.03. The number of hydrogen-bond donors (Lipinski definition) is 2. The largest absolute Gasteiger partial charge is 0.390 e. The van der Waals surface area contributed by atoms with Crippen LogP contribution in [0.25, 0.3) is 0 Å². The summed E-state index contributed by atoms with van der Waals surface area (Å²) in [5, 5.41) is 22.2. The molecular weight excluding hydrogens is 348 g/mol. The molecule has 0 aromatic heterocycles. The molecule has 0 unspecified atom stereocenters. The smallest absolute Gasteiger partial charge is 0.175 e. The van der Waals surface area contributed by atoms with Gasteiger partial charge in [-0.05, 0) is 81.1 Å². The number of aliphatic hydroxyl groups is 2. The van der Waals surface area contributed by atoms with Crippen molar-refractivity contribution in [3.63, 3.8) is 0 Å². The lowest BCUT2D eigenvalue weighted by Crippen LogP contribution is -2.40. The average molecular weight is 387 g/mol. The van der Waals surface area contributed by atoms with Crippen molar-refractivity contribution in [2.75, 3.05) is 6.61 Å². The first-order chi connectivity index (χ1) is 13.1. The highest BCUT2D eigenvalue weighted by molar-refractivity contribution is 5.26. The molecule has 3 fully saturated rings. The van der Waals surface area contributed by atoms with E-state index in [-0.39, 0.29) is 17.3 Å². The van der Waals surface area contributed by atoms with E-state index in [0.717, 1.165) is 12.8 Å². The van der Waals surface area contributed by atoms with Crippen molar-refractivity contribution in [3.8, 4) is 0 Å². The van der Waals surface area contributed by atoms with Crippen LogP contribution in [0, 0.1) is 35.0 Å². The van der Waals surface area contributed by atoms with Crippen LogP contribution in [0.15, 0.2) is 35.5 Å². The Morgan fingerprint density at radius 1 is 1.25 bits per heavy atom. The normalized spacial score (nSPS) is 48.6. The second-order valence-corrected chi connectivity index (χ2v) is 10.9. The molecule has 0 aromatic rings. The van der Waals surface area contributed by atoms with Crippen LogP contribution in [0.2, 0.25) is 0 Å². The first kappa shape index (κ1) is 20.4. The molecule has 0 spiro atoms. The van der Waals surface area contributed by atoms with Crippen LogP contribution in [0.3, 0.4) is 0 Å². The van der Waals surface area contributed by atoms with E-state index in [9.17, 15) is 10.2 Å². The van der Waals surface area contributed by atoms with Gasteiger partial charge in [0.05, 0.1) is 12.2 Å². The zero-order valence-electron chi connectivity index (χ0n) is 18.2. The summed E-state index contributed by atoms with van der Waals surface area (Å²) >= 11 is 0. The quantitative estimate of drug-likeness (QED) is 0.530. The first-order valence-corrected chi connectivity index (χ1v) is 11.2. The van der Waals surface area contributed by atoms with Crippen molar-refractivity contribution in [1.82, 2.24) is 0 Å². The van der Waals surface area contributed by atoms with Gasteiger partial charge in [0.25, 0.3) is 0 Å². The van der Waals surface area contributed by atoms with Gasteiger partial charge in [0, 0.05) is 12.3 Å². The third-order valence-corrected chi connectivity index (χ3v) is 8.49. The van der Waals surface area contributed by atoms with Crippen LogP contribution in [-0.2, 0) is 4.74 Å². The fraction of sp³-hybridized carbons (Fsp3) is 0.760. The summed E-state index contributed by atoms with van der Waals surface area (Å²) in [6.07, 6.45) is 14.0. The molecule has 3 aliphatic carbocycles. The lowest BCUT2D eigenvalue weighted by molar-refractivity contribution is -0.191. The fourth-order valence-electron chi connectivity index (χ4n) is 7.03. The van der Waals surface area contributed by atoms with Gasteiger partial charge >= 0.3 is 0 Å². The van der Waals surface area contributed by atoms with Crippen LogP contribution in [0.5, 0.6) is 0 Å². The average Bonchev–Trinajstić information content (AvgIpc) is 3.11. The summed E-state index contributed by atoms with van der Waals surface area (Å²) < 4.78 is 5.84. The Bertz CT molecular complexity index is 713. The molecule has 0 aromatic carbocycles. The standard InChI is InChI=1S/C25H38O3/c1-16(2)7-6-8-17(3)19-11-12-23(4)13-21-22-18(9-10-20(19)23)14-28-25(22,27)15-24(21,5)26/h6-9,17,19-22,26-27H,10-15H2,1-5H3/b8-6-,18-9?/t17-,19+,20-,21-,22+,23+,24+,25-/m0/s1. The molecule has 8 atom stereocenters. The minimum Gasteiger partial charge on any atom is -0.390 e. The Morgan fingerprint density at radius 3 is 2.71 bits per heavy atom. The zero-order chi connectivity index (χ0) is 20.3. The minimum absolute atomic E-state index is 0.0330. The highest BCUT2D eigenvalue weighted by atomic mass is 16.6. The molecule has 4 rings (SSSR count). The van der Waals surface area contributed by atoms with Crippen molar-refractivity contribution in [3.05, 3.63) is 35.5 Å². The number of hydrogen-bond acceptors (Lipinski definition) is 3. The molecule has 2 saturated carbocycles. The Kier molecular flexibility index (Phi) is 4.96. The first-order valence-electron chi connectivity index (χ1n) is 11.2. The van der Waals surface area contributed by atoms with Gasteiger partial charge in [-0.15, -0.1) is 0 Å². The summed E-state index contributed by atoms with van der Waals surface area (Å²) in [5.41, 5.74) is 1.91. The Hall–Kier alpha value is -0.900. The van der Waals surface area contributed by atoms with Gasteiger partial charge in [0.15, 0.2) is 5.79 Å². The molecule has 1 heterocycles. The number of ether oxygens (including phenoxy) is 1. The van der Waals surface area contributed by atoms with E-state index in [0.29, 0.717) is 30.8 Å². The molecule has 0 radical (unpaired) electrons. The highest BCUT2D eigenvalue weighted by Gasteiger charge is 2.65. The van der Waals surface area contributed by atoms with E-state index in [1.54, 1.807) is 0 Å². The van der Waals surface area contributed by atoms with E-state index in [1.807, 2.05) is 6.92 Å². The van der Waals surface area contributed by atoms with Gasteiger partial charge < -0.3 is 14.9 Å². The molecule has 1 aliphatic heterocycles. The lowest BCUT2D eigenvalue weighted by Gasteiger charge is -2.43. The Labute approximate surface area is 170 Å². The van der Waals surface area contributed by atoms with Gasteiger partial charge in [-0.2, -0.15) is 0 Å². The molecule has 2 N–H and O–H groups in total. The van der Waals surface area contributed by atoms with Crippen LogP contribution in [0.1, 0.15) is 66.7 Å². The van der Waals surface area contributed by atoms with E-state index in [1.165, 1.54) is 24.0 Å². The second kappa shape index (κ2) is 6.82. The van der Waals surface area contributed by atoms with Crippen LogP contribution in [0.4, 0.5) is 0 Å². The van der Waals surface area contributed by atoms with Gasteiger partial charge in [-0.1, -0.05) is 43.7 Å². The summed E-state index contributed by atoms with van der Waals surface area (Å²) in [6.45, 7) is 11.5. The monoisotopic (exact) mass is 386 g/mol. The van der Waals surface area contributed by atoms with Crippen LogP contribution in [-0.4, -0.2) is 28.2 Å². The number of fused-ring (bicyclic) bond motifs is 1. The van der Waals surface area contributed by atoms with E-state index in [2.05, 4.69) is 52.0 Å². The maximum Gasteiger partial charge on any atom is 0.175 e. The molecule has 0 bridgehead atoms. The topological polar surface area (TPSA) is 49.7 Å². The van der Waals surface area contributed by atoms with Crippen molar-refractivity contribution < 1.29 is 14.9 Å². The van der Waals surface area contributed by atoms with Gasteiger partial charge in [0.1, 0.15) is 0 Å². The molecule has 3 nitrogen and oxygen atoms in total. The summed E-state index contributed by atoms with van der Waals surface area (Å²) in [6, 6.07) is 0. The second-order valence-electron chi connectivity index (χ2n) is 10.9. The van der Waals surface area contributed by atoms with Crippen molar-refractivity contribution in [1.29, 1.82) is 0 Å². The highest BCUT2D eigenvalue weighted by Crippen LogP contribution is 2.63. The van der Waals surface area contributed by atoms with Gasteiger partial charge in [-0.3, -0.25) is 0 Å². The summed E-state index contributed by atoms with van der Waals surface area (Å²) in [7, 11) is 0. The van der Waals surface area contributed by atoms with Gasteiger partial charge in [-0.25, -0.2) is 0 Å².